The van der Waals surface area contributed by atoms with Crippen LogP contribution in [-0.2, 0) is 11.3 Å². The van der Waals surface area contributed by atoms with Crippen LogP contribution in [0.4, 0.5) is 0 Å². The lowest BCUT2D eigenvalue weighted by atomic mass is 10.3. The van der Waals surface area contributed by atoms with Crippen LogP contribution in [0.1, 0.15) is 36.6 Å². The SMILES string of the molecule is Cc1nc(COC2CCC(N)C2)oc1C. The predicted molar refractivity (Wildman–Crippen MR) is 56.4 cm³/mol. The summed E-state index contributed by atoms with van der Waals surface area (Å²) < 4.78 is 11.1. The smallest absolute Gasteiger partial charge is 0.220 e. The summed E-state index contributed by atoms with van der Waals surface area (Å²) in [4.78, 5) is 4.27. The zero-order chi connectivity index (χ0) is 10.8. The van der Waals surface area contributed by atoms with Gasteiger partial charge in [0.1, 0.15) is 12.4 Å². The molecule has 0 amide bonds. The van der Waals surface area contributed by atoms with Gasteiger partial charge in [-0.15, -0.1) is 0 Å². The fourth-order valence-corrected chi connectivity index (χ4v) is 1.91. The number of rotatable bonds is 3. The Morgan fingerprint density at radius 2 is 2.27 bits per heavy atom. The van der Waals surface area contributed by atoms with Crippen molar-refractivity contribution in [3.8, 4) is 0 Å². The molecule has 2 unspecified atom stereocenters. The molecule has 1 aliphatic carbocycles. The normalized spacial score (nSPS) is 26.1. The third kappa shape index (κ3) is 2.58. The van der Waals surface area contributed by atoms with Gasteiger partial charge < -0.3 is 14.9 Å². The van der Waals surface area contributed by atoms with Gasteiger partial charge in [-0.2, -0.15) is 0 Å². The van der Waals surface area contributed by atoms with E-state index in [0.717, 1.165) is 30.7 Å². The van der Waals surface area contributed by atoms with E-state index >= 15 is 0 Å². The van der Waals surface area contributed by atoms with Gasteiger partial charge in [0, 0.05) is 6.04 Å². The Bertz CT molecular complexity index is 316. The molecule has 4 nitrogen and oxygen atoms in total. The van der Waals surface area contributed by atoms with E-state index in [-0.39, 0.29) is 6.10 Å². The van der Waals surface area contributed by atoms with E-state index in [0.29, 0.717) is 18.5 Å². The lowest BCUT2D eigenvalue weighted by Crippen LogP contribution is -2.17. The van der Waals surface area contributed by atoms with E-state index < -0.39 is 0 Å². The Kier molecular flexibility index (Phi) is 3.07. The van der Waals surface area contributed by atoms with E-state index in [4.69, 9.17) is 14.9 Å². The van der Waals surface area contributed by atoms with Crippen LogP contribution in [0, 0.1) is 13.8 Å². The standard InChI is InChI=1S/C11H18N2O2/c1-7-8(2)15-11(13-7)6-14-10-4-3-9(12)5-10/h9-10H,3-6,12H2,1-2H3. The van der Waals surface area contributed by atoms with Gasteiger partial charge in [0.05, 0.1) is 11.8 Å². The Hall–Kier alpha value is -0.870. The zero-order valence-electron chi connectivity index (χ0n) is 9.32. The first-order chi connectivity index (χ1) is 7.15. The molecule has 0 bridgehead atoms. The second-order valence-electron chi connectivity index (χ2n) is 4.26. The molecule has 1 aromatic rings. The van der Waals surface area contributed by atoms with Crippen LogP contribution in [0.5, 0.6) is 0 Å². The summed E-state index contributed by atoms with van der Waals surface area (Å²) in [5.41, 5.74) is 6.74. The molecule has 4 heteroatoms. The van der Waals surface area contributed by atoms with Crippen molar-refractivity contribution in [3.05, 3.63) is 17.3 Å². The van der Waals surface area contributed by atoms with Crippen LogP contribution < -0.4 is 5.73 Å². The highest BCUT2D eigenvalue weighted by Gasteiger charge is 2.22. The van der Waals surface area contributed by atoms with Gasteiger partial charge in [0.2, 0.25) is 5.89 Å². The number of aryl methyl sites for hydroxylation is 2. The lowest BCUT2D eigenvalue weighted by molar-refractivity contribution is 0.0321. The first-order valence-corrected chi connectivity index (χ1v) is 5.45. The first kappa shape index (κ1) is 10.6. The Labute approximate surface area is 89.8 Å². The maximum atomic E-state index is 5.80. The van der Waals surface area contributed by atoms with E-state index in [1.165, 1.54) is 0 Å². The molecule has 0 aliphatic heterocycles. The molecule has 0 saturated heterocycles. The highest BCUT2D eigenvalue weighted by molar-refractivity contribution is 5.04. The van der Waals surface area contributed by atoms with Crippen LogP contribution in [0.2, 0.25) is 0 Å². The Balaban J connectivity index is 1.83. The summed E-state index contributed by atoms with van der Waals surface area (Å²) in [6.45, 7) is 4.32. The second kappa shape index (κ2) is 4.33. The molecular formula is C11H18N2O2. The molecule has 15 heavy (non-hydrogen) atoms. The van der Waals surface area contributed by atoms with Gasteiger partial charge in [0.15, 0.2) is 0 Å². The molecule has 84 valence electrons. The largest absolute Gasteiger partial charge is 0.443 e. The molecule has 1 fully saturated rings. The van der Waals surface area contributed by atoms with Gasteiger partial charge in [-0.25, -0.2) is 4.98 Å². The Morgan fingerprint density at radius 3 is 2.80 bits per heavy atom. The number of nitrogens with zero attached hydrogens (tertiary/aromatic N) is 1. The average Bonchev–Trinajstić information content (AvgIpc) is 2.72. The summed E-state index contributed by atoms with van der Waals surface area (Å²) in [7, 11) is 0. The molecule has 0 spiro atoms. The summed E-state index contributed by atoms with van der Waals surface area (Å²) >= 11 is 0. The minimum atomic E-state index is 0.285. The summed E-state index contributed by atoms with van der Waals surface area (Å²) in [5, 5.41) is 0. The monoisotopic (exact) mass is 210 g/mol. The van der Waals surface area contributed by atoms with Crippen LogP contribution >= 0.6 is 0 Å². The van der Waals surface area contributed by atoms with Crippen LogP contribution in [0.25, 0.3) is 0 Å². The number of oxazole rings is 1. The van der Waals surface area contributed by atoms with Crippen molar-refractivity contribution in [2.75, 3.05) is 0 Å². The van der Waals surface area contributed by atoms with Gasteiger partial charge >= 0.3 is 0 Å². The maximum absolute atomic E-state index is 5.80. The van der Waals surface area contributed by atoms with Gasteiger partial charge in [0.25, 0.3) is 0 Å². The lowest BCUT2D eigenvalue weighted by Gasteiger charge is -2.08. The number of aromatic nitrogens is 1. The van der Waals surface area contributed by atoms with Crippen molar-refractivity contribution in [1.82, 2.24) is 4.98 Å². The molecule has 2 rings (SSSR count). The van der Waals surface area contributed by atoms with Gasteiger partial charge in [-0.1, -0.05) is 0 Å². The average molecular weight is 210 g/mol. The second-order valence-corrected chi connectivity index (χ2v) is 4.26. The molecule has 1 saturated carbocycles. The molecule has 0 radical (unpaired) electrons. The molecule has 1 heterocycles. The van der Waals surface area contributed by atoms with Crippen LogP contribution in [-0.4, -0.2) is 17.1 Å². The van der Waals surface area contributed by atoms with Crippen molar-refractivity contribution < 1.29 is 9.15 Å². The molecule has 1 aromatic heterocycles. The maximum Gasteiger partial charge on any atom is 0.220 e. The minimum Gasteiger partial charge on any atom is -0.443 e. The van der Waals surface area contributed by atoms with Crippen molar-refractivity contribution in [3.63, 3.8) is 0 Å². The summed E-state index contributed by atoms with van der Waals surface area (Å²) in [6, 6.07) is 0.308. The van der Waals surface area contributed by atoms with Crippen molar-refractivity contribution in [1.29, 1.82) is 0 Å². The van der Waals surface area contributed by atoms with Gasteiger partial charge in [-0.3, -0.25) is 0 Å². The van der Waals surface area contributed by atoms with Crippen molar-refractivity contribution >= 4 is 0 Å². The molecule has 2 atom stereocenters. The fourth-order valence-electron chi connectivity index (χ4n) is 1.91. The number of hydrogen-bond donors (Lipinski definition) is 1. The van der Waals surface area contributed by atoms with Crippen molar-refractivity contribution in [2.24, 2.45) is 5.73 Å². The third-order valence-electron chi connectivity index (χ3n) is 2.94. The highest BCUT2D eigenvalue weighted by Crippen LogP contribution is 2.21. The van der Waals surface area contributed by atoms with E-state index in [1.807, 2.05) is 13.8 Å². The van der Waals surface area contributed by atoms with Gasteiger partial charge in [-0.05, 0) is 33.1 Å². The van der Waals surface area contributed by atoms with Crippen molar-refractivity contribution in [2.45, 2.75) is 51.9 Å². The van der Waals surface area contributed by atoms with Crippen LogP contribution in [0.3, 0.4) is 0 Å². The number of hydrogen-bond acceptors (Lipinski definition) is 4. The number of nitrogens with two attached hydrogens (primary N) is 1. The number of ether oxygens (including phenoxy) is 1. The van der Waals surface area contributed by atoms with Crippen LogP contribution in [0.15, 0.2) is 4.42 Å². The summed E-state index contributed by atoms with van der Waals surface area (Å²) in [5.74, 6) is 1.54. The Morgan fingerprint density at radius 1 is 1.47 bits per heavy atom. The first-order valence-electron chi connectivity index (χ1n) is 5.45. The topological polar surface area (TPSA) is 61.3 Å². The summed E-state index contributed by atoms with van der Waals surface area (Å²) in [6.07, 6.45) is 3.36. The molecule has 1 aliphatic rings. The highest BCUT2D eigenvalue weighted by atomic mass is 16.5. The quantitative estimate of drug-likeness (QED) is 0.824. The minimum absolute atomic E-state index is 0.285. The molecule has 0 aromatic carbocycles. The fraction of sp³-hybridized carbons (Fsp3) is 0.727. The van der Waals surface area contributed by atoms with E-state index in [2.05, 4.69) is 4.98 Å². The third-order valence-corrected chi connectivity index (χ3v) is 2.94. The molecular weight excluding hydrogens is 192 g/mol. The predicted octanol–water partition coefficient (Wildman–Crippen LogP) is 1.69. The van der Waals surface area contributed by atoms with E-state index in [9.17, 15) is 0 Å². The van der Waals surface area contributed by atoms with E-state index in [1.54, 1.807) is 0 Å². The molecule has 2 N–H and O–H groups in total. The zero-order valence-corrected chi connectivity index (χ0v) is 9.32.